The molecule has 1 aromatic carbocycles. The number of hydrogen-bond donors (Lipinski definition) is 0. The molecule has 3 nitrogen and oxygen atoms in total. The van der Waals surface area contributed by atoms with Gasteiger partial charge in [0.2, 0.25) is 0 Å². The third-order valence-corrected chi connectivity index (χ3v) is 4.10. The molecule has 0 amide bonds. The molecule has 0 aromatic heterocycles. The monoisotopic (exact) mass is 268 g/mol. The van der Waals surface area contributed by atoms with Crippen molar-refractivity contribution in [3.8, 4) is 11.5 Å². The molecule has 0 spiro atoms. The maximum absolute atomic E-state index is 6.55. The lowest BCUT2D eigenvalue weighted by Crippen LogP contribution is -2.21. The van der Waals surface area contributed by atoms with Gasteiger partial charge in [0.05, 0.1) is 12.0 Å². The fraction of sp³-hybridized carbons (Fsp3) is 0.571. The minimum atomic E-state index is -0.0128. The summed E-state index contributed by atoms with van der Waals surface area (Å²) in [6, 6.07) is 5.98. The lowest BCUT2D eigenvalue weighted by molar-refractivity contribution is 0.0531. The van der Waals surface area contributed by atoms with Gasteiger partial charge in [0, 0.05) is 12.5 Å². The third-order valence-electron chi connectivity index (χ3n) is 3.49. The number of rotatable bonds is 2. The summed E-state index contributed by atoms with van der Waals surface area (Å²) in [7, 11) is 0. The Kier molecular flexibility index (Phi) is 3.62. The van der Waals surface area contributed by atoms with Crippen molar-refractivity contribution in [3.05, 3.63) is 23.8 Å². The van der Waals surface area contributed by atoms with Crippen LogP contribution in [0.4, 0.5) is 0 Å². The molecule has 2 heterocycles. The predicted molar refractivity (Wildman–Crippen MR) is 69.6 cm³/mol. The summed E-state index contributed by atoms with van der Waals surface area (Å²) in [6.45, 7) is 2.84. The smallest absolute Gasteiger partial charge is 0.161 e. The van der Waals surface area contributed by atoms with Crippen molar-refractivity contribution < 1.29 is 14.2 Å². The molecule has 98 valence electrons. The molecule has 2 unspecified atom stereocenters. The van der Waals surface area contributed by atoms with E-state index in [1.807, 2.05) is 18.2 Å². The minimum absolute atomic E-state index is 0.0128. The van der Waals surface area contributed by atoms with Crippen LogP contribution in [0.2, 0.25) is 0 Å². The number of fused-ring (bicyclic) bond motifs is 1. The maximum atomic E-state index is 6.55. The van der Waals surface area contributed by atoms with Gasteiger partial charge in [0.1, 0.15) is 13.2 Å². The first kappa shape index (κ1) is 12.1. The molecule has 1 saturated heterocycles. The normalized spacial score (nSPS) is 24.6. The SMILES string of the molecule is ClC(c1ccc2c(c1)OCCO2)C1CCCOC1. The molecular weight excluding hydrogens is 252 g/mol. The van der Waals surface area contributed by atoms with E-state index in [0.717, 1.165) is 43.1 Å². The van der Waals surface area contributed by atoms with Gasteiger partial charge in [-0.15, -0.1) is 11.6 Å². The first-order valence-electron chi connectivity index (χ1n) is 6.46. The second kappa shape index (κ2) is 5.37. The molecule has 4 heteroatoms. The van der Waals surface area contributed by atoms with Crippen LogP contribution >= 0.6 is 11.6 Å². The Labute approximate surface area is 112 Å². The molecular formula is C14H17ClO3. The molecule has 2 atom stereocenters. The van der Waals surface area contributed by atoms with Gasteiger partial charge in [-0.3, -0.25) is 0 Å². The van der Waals surface area contributed by atoms with Crippen molar-refractivity contribution in [1.82, 2.24) is 0 Å². The summed E-state index contributed by atoms with van der Waals surface area (Å²) in [6.07, 6.45) is 2.22. The van der Waals surface area contributed by atoms with E-state index in [-0.39, 0.29) is 5.38 Å². The van der Waals surface area contributed by atoms with Crippen molar-refractivity contribution in [2.24, 2.45) is 5.92 Å². The highest BCUT2D eigenvalue weighted by Crippen LogP contribution is 2.39. The largest absolute Gasteiger partial charge is 0.486 e. The highest BCUT2D eigenvalue weighted by molar-refractivity contribution is 6.21. The zero-order valence-electron chi connectivity index (χ0n) is 10.2. The van der Waals surface area contributed by atoms with Gasteiger partial charge in [0.25, 0.3) is 0 Å². The molecule has 18 heavy (non-hydrogen) atoms. The third kappa shape index (κ3) is 2.43. The molecule has 0 saturated carbocycles. The quantitative estimate of drug-likeness (QED) is 0.771. The van der Waals surface area contributed by atoms with Gasteiger partial charge >= 0.3 is 0 Å². The molecule has 0 radical (unpaired) electrons. The van der Waals surface area contributed by atoms with Gasteiger partial charge in [-0.05, 0) is 30.5 Å². The fourth-order valence-corrected chi connectivity index (χ4v) is 2.83. The second-order valence-electron chi connectivity index (χ2n) is 4.78. The van der Waals surface area contributed by atoms with E-state index in [9.17, 15) is 0 Å². The van der Waals surface area contributed by atoms with Crippen LogP contribution < -0.4 is 9.47 Å². The van der Waals surface area contributed by atoms with Crippen LogP contribution in [0.25, 0.3) is 0 Å². The number of benzene rings is 1. The van der Waals surface area contributed by atoms with Gasteiger partial charge in [-0.2, -0.15) is 0 Å². The predicted octanol–water partition coefficient (Wildman–Crippen LogP) is 3.16. The summed E-state index contributed by atoms with van der Waals surface area (Å²) >= 11 is 6.55. The molecule has 2 aliphatic heterocycles. The minimum Gasteiger partial charge on any atom is -0.486 e. The second-order valence-corrected chi connectivity index (χ2v) is 5.25. The van der Waals surface area contributed by atoms with Crippen LogP contribution in [0.1, 0.15) is 23.8 Å². The summed E-state index contributed by atoms with van der Waals surface area (Å²) in [5, 5.41) is -0.0128. The zero-order valence-corrected chi connectivity index (χ0v) is 11.0. The van der Waals surface area contributed by atoms with Gasteiger partial charge in [0.15, 0.2) is 11.5 Å². The van der Waals surface area contributed by atoms with Crippen LogP contribution in [0.15, 0.2) is 18.2 Å². The van der Waals surface area contributed by atoms with Gasteiger partial charge in [-0.1, -0.05) is 6.07 Å². The Bertz CT molecular complexity index is 416. The topological polar surface area (TPSA) is 27.7 Å². The fourth-order valence-electron chi connectivity index (χ4n) is 2.50. The standard InChI is InChI=1S/C14H17ClO3/c15-14(11-2-1-5-16-9-11)10-3-4-12-13(8-10)18-7-6-17-12/h3-4,8,11,14H,1-2,5-7,9H2. The number of halogens is 1. The Morgan fingerprint density at radius 2 is 1.94 bits per heavy atom. The number of ether oxygens (including phenoxy) is 3. The summed E-state index contributed by atoms with van der Waals surface area (Å²) in [5.74, 6) is 2.01. The summed E-state index contributed by atoms with van der Waals surface area (Å²) in [5.41, 5.74) is 1.09. The highest BCUT2D eigenvalue weighted by Gasteiger charge is 2.25. The Morgan fingerprint density at radius 3 is 2.72 bits per heavy atom. The van der Waals surface area contributed by atoms with Crippen molar-refractivity contribution in [1.29, 1.82) is 0 Å². The molecule has 1 fully saturated rings. The molecule has 1 aromatic rings. The molecule has 0 bridgehead atoms. The summed E-state index contributed by atoms with van der Waals surface area (Å²) in [4.78, 5) is 0. The lowest BCUT2D eigenvalue weighted by atomic mass is 9.93. The van der Waals surface area contributed by atoms with E-state index >= 15 is 0 Å². The Morgan fingerprint density at radius 1 is 1.11 bits per heavy atom. The Hall–Kier alpha value is -0.930. The van der Waals surface area contributed by atoms with Gasteiger partial charge in [-0.25, -0.2) is 0 Å². The average molecular weight is 269 g/mol. The maximum Gasteiger partial charge on any atom is 0.161 e. The number of alkyl halides is 1. The number of hydrogen-bond acceptors (Lipinski definition) is 3. The first-order valence-corrected chi connectivity index (χ1v) is 6.89. The molecule has 2 aliphatic rings. The van der Waals surface area contributed by atoms with Crippen LogP contribution in [0.3, 0.4) is 0 Å². The molecule has 0 aliphatic carbocycles. The van der Waals surface area contributed by atoms with E-state index < -0.39 is 0 Å². The first-order chi connectivity index (χ1) is 8.84. The van der Waals surface area contributed by atoms with E-state index in [0.29, 0.717) is 19.1 Å². The Balaban J connectivity index is 1.78. The van der Waals surface area contributed by atoms with Crippen LogP contribution in [-0.4, -0.2) is 26.4 Å². The zero-order chi connectivity index (χ0) is 12.4. The van der Waals surface area contributed by atoms with Crippen LogP contribution in [0, 0.1) is 5.92 Å². The van der Waals surface area contributed by atoms with E-state index in [1.165, 1.54) is 0 Å². The summed E-state index contributed by atoms with van der Waals surface area (Å²) < 4.78 is 16.6. The van der Waals surface area contributed by atoms with E-state index in [4.69, 9.17) is 25.8 Å². The van der Waals surface area contributed by atoms with E-state index in [1.54, 1.807) is 0 Å². The molecule has 3 rings (SSSR count). The van der Waals surface area contributed by atoms with E-state index in [2.05, 4.69) is 0 Å². The van der Waals surface area contributed by atoms with Crippen LogP contribution in [0.5, 0.6) is 11.5 Å². The molecule has 0 N–H and O–H groups in total. The van der Waals surface area contributed by atoms with Crippen molar-refractivity contribution >= 4 is 11.6 Å². The lowest BCUT2D eigenvalue weighted by Gasteiger charge is -2.27. The van der Waals surface area contributed by atoms with Crippen LogP contribution in [-0.2, 0) is 4.74 Å². The van der Waals surface area contributed by atoms with Crippen molar-refractivity contribution in [2.45, 2.75) is 18.2 Å². The highest BCUT2D eigenvalue weighted by atomic mass is 35.5. The van der Waals surface area contributed by atoms with Crippen molar-refractivity contribution in [3.63, 3.8) is 0 Å². The van der Waals surface area contributed by atoms with Crippen molar-refractivity contribution in [2.75, 3.05) is 26.4 Å². The van der Waals surface area contributed by atoms with Gasteiger partial charge < -0.3 is 14.2 Å². The average Bonchev–Trinajstić information content (AvgIpc) is 2.47.